The Labute approximate surface area is 129 Å². The van der Waals surface area contributed by atoms with Crippen molar-refractivity contribution < 1.29 is 14.3 Å². The summed E-state index contributed by atoms with van der Waals surface area (Å²) in [5.74, 6) is 0.00203. The lowest BCUT2D eigenvalue weighted by Crippen LogP contribution is -2.37. The first kappa shape index (κ1) is 20.3. The molecule has 0 rings (SSSR count). The monoisotopic (exact) mass is 302 g/mol. The van der Waals surface area contributed by atoms with Gasteiger partial charge in [-0.25, -0.2) is 0 Å². The van der Waals surface area contributed by atoms with Crippen molar-refractivity contribution >= 4 is 5.91 Å². The maximum Gasteiger partial charge on any atom is 0.216 e. The Morgan fingerprint density at radius 2 is 1.57 bits per heavy atom. The van der Waals surface area contributed by atoms with Crippen LogP contribution in [0.15, 0.2) is 0 Å². The number of nitrogens with one attached hydrogen (secondary N) is 1. The molecule has 2 atom stereocenters. The summed E-state index contributed by atoms with van der Waals surface area (Å²) < 4.78 is 11.9. The van der Waals surface area contributed by atoms with Gasteiger partial charge in [-0.2, -0.15) is 0 Å². The Bertz CT molecular complexity index is 299. The molecule has 5 nitrogen and oxygen atoms in total. The van der Waals surface area contributed by atoms with E-state index in [9.17, 15) is 4.79 Å². The van der Waals surface area contributed by atoms with Gasteiger partial charge in [-0.1, -0.05) is 13.8 Å². The van der Waals surface area contributed by atoms with Crippen molar-refractivity contribution in [2.75, 3.05) is 26.3 Å². The normalized spacial score (nSPS) is 17.0. The molecular weight excluding hydrogens is 268 g/mol. The second-order valence-corrected chi connectivity index (χ2v) is 6.08. The highest BCUT2D eigenvalue weighted by Gasteiger charge is 2.26. The van der Waals surface area contributed by atoms with Gasteiger partial charge in [0.2, 0.25) is 5.91 Å². The maximum atomic E-state index is 10.9. The van der Waals surface area contributed by atoms with Crippen LogP contribution in [0.25, 0.3) is 0 Å². The molecule has 3 N–H and O–H groups in total. The number of rotatable bonds is 12. The summed E-state index contributed by atoms with van der Waals surface area (Å²) >= 11 is 0. The summed E-state index contributed by atoms with van der Waals surface area (Å²) in [6.45, 7) is 12.4. The minimum atomic E-state index is -0.203. The Hall–Kier alpha value is -0.650. The topological polar surface area (TPSA) is 73.6 Å². The predicted octanol–water partition coefficient (Wildman–Crippen LogP) is 2.23. The lowest BCUT2D eigenvalue weighted by Gasteiger charge is -2.33. The van der Waals surface area contributed by atoms with Crippen molar-refractivity contribution in [3.05, 3.63) is 0 Å². The van der Waals surface area contributed by atoms with Crippen molar-refractivity contribution in [2.24, 2.45) is 5.73 Å². The van der Waals surface area contributed by atoms with Gasteiger partial charge < -0.3 is 20.5 Å². The van der Waals surface area contributed by atoms with Crippen LogP contribution in [0.2, 0.25) is 0 Å². The highest BCUT2D eigenvalue weighted by Crippen LogP contribution is 2.24. The summed E-state index contributed by atoms with van der Waals surface area (Å²) in [5, 5.41) is 2.82. The van der Waals surface area contributed by atoms with E-state index in [1.165, 1.54) is 6.92 Å². The van der Waals surface area contributed by atoms with Gasteiger partial charge in [-0.15, -0.1) is 0 Å². The molecule has 0 bridgehead atoms. The molecule has 0 aliphatic heterocycles. The number of nitrogens with two attached hydrogens (primary N) is 1. The standard InChI is InChI=1S/C16H34N2O3/c1-6-15(4,8-11-18-14(3)19)20-12-9-16(5,7-2)21-13-10-17/h6-13,17H2,1-5H3,(H,18,19). The molecule has 0 aliphatic rings. The molecule has 1 amide bonds. The Kier molecular flexibility index (Phi) is 9.83. The van der Waals surface area contributed by atoms with Crippen molar-refractivity contribution in [2.45, 2.75) is 71.5 Å². The third-order valence-electron chi connectivity index (χ3n) is 4.17. The first-order valence-electron chi connectivity index (χ1n) is 8.03. The molecule has 5 heteroatoms. The molecule has 21 heavy (non-hydrogen) atoms. The summed E-state index contributed by atoms with van der Waals surface area (Å²) in [6.07, 6.45) is 3.51. The van der Waals surface area contributed by atoms with Crippen LogP contribution in [0.4, 0.5) is 0 Å². The van der Waals surface area contributed by atoms with E-state index in [0.717, 1.165) is 25.7 Å². The van der Waals surface area contributed by atoms with Gasteiger partial charge in [-0.05, 0) is 39.5 Å². The average Bonchev–Trinajstić information content (AvgIpc) is 2.44. The van der Waals surface area contributed by atoms with Crippen LogP contribution in [0.3, 0.4) is 0 Å². The average molecular weight is 302 g/mol. The molecule has 126 valence electrons. The molecule has 0 aromatic heterocycles. The molecule has 0 heterocycles. The van der Waals surface area contributed by atoms with E-state index in [-0.39, 0.29) is 17.1 Å². The van der Waals surface area contributed by atoms with E-state index in [1.54, 1.807) is 0 Å². The van der Waals surface area contributed by atoms with Crippen molar-refractivity contribution in [1.29, 1.82) is 0 Å². The third-order valence-corrected chi connectivity index (χ3v) is 4.17. The Balaban J connectivity index is 4.21. The van der Waals surface area contributed by atoms with Crippen LogP contribution in [0, 0.1) is 0 Å². The number of ether oxygens (including phenoxy) is 2. The van der Waals surface area contributed by atoms with Crippen molar-refractivity contribution in [1.82, 2.24) is 5.32 Å². The van der Waals surface area contributed by atoms with Crippen molar-refractivity contribution in [3.8, 4) is 0 Å². The van der Waals surface area contributed by atoms with E-state index in [2.05, 4.69) is 33.0 Å². The van der Waals surface area contributed by atoms with Gasteiger partial charge in [-0.3, -0.25) is 4.79 Å². The molecule has 0 aliphatic carbocycles. The smallest absolute Gasteiger partial charge is 0.216 e. The van der Waals surface area contributed by atoms with Crippen LogP contribution in [-0.4, -0.2) is 43.4 Å². The first-order chi connectivity index (χ1) is 9.81. The minimum absolute atomic E-state index is 0.00203. The summed E-state index contributed by atoms with van der Waals surface area (Å²) in [5.41, 5.74) is 5.12. The molecule has 0 aromatic carbocycles. The minimum Gasteiger partial charge on any atom is -0.375 e. The number of hydrogen-bond acceptors (Lipinski definition) is 4. The third kappa shape index (κ3) is 9.06. The summed E-state index contributed by atoms with van der Waals surface area (Å²) in [7, 11) is 0. The molecule has 0 saturated heterocycles. The van der Waals surface area contributed by atoms with E-state index >= 15 is 0 Å². The van der Waals surface area contributed by atoms with Gasteiger partial charge in [0.25, 0.3) is 0 Å². The predicted molar refractivity (Wildman–Crippen MR) is 86.3 cm³/mol. The molecule has 0 fully saturated rings. The zero-order valence-corrected chi connectivity index (χ0v) is 14.5. The first-order valence-corrected chi connectivity index (χ1v) is 8.03. The summed E-state index contributed by atoms with van der Waals surface area (Å²) in [4.78, 5) is 10.9. The summed E-state index contributed by atoms with van der Waals surface area (Å²) in [6, 6.07) is 0. The zero-order valence-electron chi connectivity index (χ0n) is 14.5. The van der Waals surface area contributed by atoms with Crippen LogP contribution in [0.1, 0.15) is 60.3 Å². The maximum absolute atomic E-state index is 10.9. The van der Waals surface area contributed by atoms with Gasteiger partial charge >= 0.3 is 0 Å². The zero-order chi connectivity index (χ0) is 16.4. The van der Waals surface area contributed by atoms with Gasteiger partial charge in [0, 0.05) is 20.0 Å². The SMILES string of the molecule is CCC(C)(CCNC(C)=O)OCCC(C)(CC)OCCN. The molecule has 0 spiro atoms. The Morgan fingerprint density at radius 3 is 2.05 bits per heavy atom. The Morgan fingerprint density at radius 1 is 1.05 bits per heavy atom. The van der Waals surface area contributed by atoms with Crippen LogP contribution >= 0.6 is 0 Å². The molecule has 0 aromatic rings. The number of carbonyl (C=O) groups excluding carboxylic acids is 1. The van der Waals surface area contributed by atoms with E-state index in [1.807, 2.05) is 0 Å². The van der Waals surface area contributed by atoms with Crippen molar-refractivity contribution in [3.63, 3.8) is 0 Å². The highest BCUT2D eigenvalue weighted by molar-refractivity contribution is 5.72. The van der Waals surface area contributed by atoms with E-state index in [4.69, 9.17) is 15.2 Å². The van der Waals surface area contributed by atoms with Crippen LogP contribution < -0.4 is 11.1 Å². The fourth-order valence-electron chi connectivity index (χ4n) is 2.02. The van der Waals surface area contributed by atoms with Gasteiger partial charge in [0.15, 0.2) is 0 Å². The van der Waals surface area contributed by atoms with E-state index < -0.39 is 0 Å². The molecule has 2 unspecified atom stereocenters. The lowest BCUT2D eigenvalue weighted by molar-refractivity contribution is -0.119. The van der Waals surface area contributed by atoms with Crippen LogP contribution in [-0.2, 0) is 14.3 Å². The quantitative estimate of drug-likeness (QED) is 0.580. The number of amides is 1. The number of hydrogen-bond donors (Lipinski definition) is 2. The number of carbonyl (C=O) groups is 1. The highest BCUT2D eigenvalue weighted by atomic mass is 16.5. The second kappa shape index (κ2) is 10.1. The molecule has 0 radical (unpaired) electrons. The van der Waals surface area contributed by atoms with Gasteiger partial charge in [0.1, 0.15) is 0 Å². The molecular formula is C16H34N2O3. The van der Waals surface area contributed by atoms with E-state index in [0.29, 0.717) is 26.3 Å². The largest absolute Gasteiger partial charge is 0.375 e. The second-order valence-electron chi connectivity index (χ2n) is 6.08. The fraction of sp³-hybridized carbons (Fsp3) is 0.938. The van der Waals surface area contributed by atoms with Crippen LogP contribution in [0.5, 0.6) is 0 Å². The lowest BCUT2D eigenvalue weighted by atomic mass is 9.97. The molecule has 0 saturated carbocycles. The van der Waals surface area contributed by atoms with Gasteiger partial charge in [0.05, 0.1) is 24.4 Å². The fourth-order valence-corrected chi connectivity index (χ4v) is 2.02.